The third kappa shape index (κ3) is 3.03. The largest absolute Gasteiger partial charge is 0.505 e. The Balaban J connectivity index is 1.60. The normalized spacial score (nSPS) is 17.4. The second kappa shape index (κ2) is 6.64. The zero-order chi connectivity index (χ0) is 19.1. The zero-order valence-electron chi connectivity index (χ0n) is 15.3. The lowest BCUT2D eigenvalue weighted by Gasteiger charge is -2.33. The highest BCUT2D eigenvalue weighted by molar-refractivity contribution is 5.94. The summed E-state index contributed by atoms with van der Waals surface area (Å²) in [6.45, 7) is 2.92. The fourth-order valence-electron chi connectivity index (χ4n) is 3.85. The van der Waals surface area contributed by atoms with Gasteiger partial charge in [0.1, 0.15) is 5.69 Å². The maximum atomic E-state index is 14.3. The number of aromatic hydroxyl groups is 1. The Morgan fingerprint density at radius 2 is 2.11 bits per heavy atom. The summed E-state index contributed by atoms with van der Waals surface area (Å²) in [5, 5.41) is 14.9. The second-order valence-corrected chi connectivity index (χ2v) is 7.05. The molecule has 1 N–H and O–H groups in total. The van der Waals surface area contributed by atoms with Crippen molar-refractivity contribution in [2.24, 2.45) is 7.05 Å². The molecule has 1 saturated heterocycles. The smallest absolute Gasteiger partial charge is 0.272 e. The molecule has 1 fully saturated rings. The Hall–Kier alpha value is -2.96. The molecular formula is C20H21FN4O2. The number of carbonyl (C=O) groups is 1. The SMILES string of the molecule is Cc1nn(C)c2nc(C(=O)N3CCCC(c4cccc(O)c4F)C3)ccc12. The number of piperidine rings is 1. The highest BCUT2D eigenvalue weighted by atomic mass is 19.1. The van der Waals surface area contributed by atoms with E-state index in [4.69, 9.17) is 0 Å². The number of amides is 1. The maximum Gasteiger partial charge on any atom is 0.272 e. The number of aryl methyl sites for hydroxylation is 2. The lowest BCUT2D eigenvalue weighted by atomic mass is 9.90. The molecule has 1 aliphatic heterocycles. The highest BCUT2D eigenvalue weighted by Crippen LogP contribution is 2.32. The number of benzene rings is 1. The lowest BCUT2D eigenvalue weighted by molar-refractivity contribution is 0.0700. The lowest BCUT2D eigenvalue weighted by Crippen LogP contribution is -2.39. The molecule has 140 valence electrons. The van der Waals surface area contributed by atoms with Gasteiger partial charge in [-0.15, -0.1) is 0 Å². The standard InChI is InChI=1S/C20H21FN4O2/c1-12-14-8-9-16(22-19(14)24(2)23-12)20(27)25-10-4-5-13(11-25)15-6-3-7-17(26)18(15)21/h3,6-9,13,26H,4-5,10-11H2,1-2H3. The summed E-state index contributed by atoms with van der Waals surface area (Å²) in [7, 11) is 1.80. The van der Waals surface area contributed by atoms with Gasteiger partial charge >= 0.3 is 0 Å². The average Bonchev–Trinajstić information content (AvgIpc) is 2.97. The van der Waals surface area contributed by atoms with Crippen molar-refractivity contribution in [3.63, 3.8) is 0 Å². The number of hydrogen-bond donors (Lipinski definition) is 1. The molecule has 7 heteroatoms. The van der Waals surface area contributed by atoms with Gasteiger partial charge in [-0.2, -0.15) is 5.10 Å². The molecule has 3 aromatic rings. The van der Waals surface area contributed by atoms with Crippen molar-refractivity contribution in [3.05, 3.63) is 53.1 Å². The van der Waals surface area contributed by atoms with Gasteiger partial charge in [-0.3, -0.25) is 9.48 Å². The van der Waals surface area contributed by atoms with Crippen molar-refractivity contribution in [3.8, 4) is 5.75 Å². The molecule has 1 aliphatic rings. The number of hydrogen-bond acceptors (Lipinski definition) is 4. The number of fused-ring (bicyclic) bond motifs is 1. The van der Waals surface area contributed by atoms with Crippen molar-refractivity contribution in [2.45, 2.75) is 25.7 Å². The minimum atomic E-state index is -0.596. The van der Waals surface area contributed by atoms with E-state index in [1.165, 1.54) is 6.07 Å². The molecule has 2 aromatic heterocycles. The van der Waals surface area contributed by atoms with Crippen molar-refractivity contribution < 1.29 is 14.3 Å². The van der Waals surface area contributed by atoms with Crippen LogP contribution >= 0.6 is 0 Å². The first kappa shape index (κ1) is 17.5. The van der Waals surface area contributed by atoms with Crippen LogP contribution in [0.5, 0.6) is 5.75 Å². The summed E-state index contributed by atoms with van der Waals surface area (Å²) >= 11 is 0. The van der Waals surface area contributed by atoms with Gasteiger partial charge in [0, 0.05) is 31.4 Å². The van der Waals surface area contributed by atoms with Crippen LogP contribution in [0.3, 0.4) is 0 Å². The monoisotopic (exact) mass is 368 g/mol. The van der Waals surface area contributed by atoms with Crippen LogP contribution in [-0.2, 0) is 7.05 Å². The van der Waals surface area contributed by atoms with Crippen LogP contribution in [0.1, 0.15) is 40.5 Å². The predicted molar refractivity (Wildman–Crippen MR) is 99.2 cm³/mol. The first-order valence-electron chi connectivity index (χ1n) is 9.02. The maximum absolute atomic E-state index is 14.3. The van der Waals surface area contributed by atoms with Crippen LogP contribution in [0, 0.1) is 12.7 Å². The molecule has 3 heterocycles. The van der Waals surface area contributed by atoms with Gasteiger partial charge in [0.15, 0.2) is 17.2 Å². The van der Waals surface area contributed by atoms with Crippen molar-refractivity contribution >= 4 is 16.9 Å². The van der Waals surface area contributed by atoms with E-state index in [0.29, 0.717) is 30.0 Å². The van der Waals surface area contributed by atoms with Gasteiger partial charge in [-0.1, -0.05) is 12.1 Å². The summed E-state index contributed by atoms with van der Waals surface area (Å²) in [6, 6.07) is 8.23. The Labute approximate surface area is 156 Å². The van der Waals surface area contributed by atoms with E-state index in [1.54, 1.807) is 34.8 Å². The van der Waals surface area contributed by atoms with E-state index >= 15 is 0 Å². The van der Waals surface area contributed by atoms with E-state index in [1.807, 2.05) is 13.0 Å². The number of halogens is 1. The van der Waals surface area contributed by atoms with Gasteiger partial charge in [-0.25, -0.2) is 9.37 Å². The molecule has 0 bridgehead atoms. The number of rotatable bonds is 2. The van der Waals surface area contributed by atoms with Crippen LogP contribution in [0.15, 0.2) is 30.3 Å². The molecular weight excluding hydrogens is 347 g/mol. The summed E-state index contributed by atoms with van der Waals surface area (Å²) in [5.41, 5.74) is 2.36. The minimum absolute atomic E-state index is 0.141. The summed E-state index contributed by atoms with van der Waals surface area (Å²) in [4.78, 5) is 19.2. The van der Waals surface area contributed by atoms with Gasteiger partial charge in [0.05, 0.1) is 5.69 Å². The Morgan fingerprint density at radius 3 is 2.93 bits per heavy atom. The molecule has 1 amide bonds. The molecule has 27 heavy (non-hydrogen) atoms. The van der Waals surface area contributed by atoms with Crippen LogP contribution in [-0.4, -0.2) is 43.8 Å². The molecule has 1 atom stereocenters. The van der Waals surface area contributed by atoms with Crippen LogP contribution in [0.2, 0.25) is 0 Å². The number of likely N-dealkylation sites (tertiary alicyclic amines) is 1. The van der Waals surface area contributed by atoms with Crippen molar-refractivity contribution in [2.75, 3.05) is 13.1 Å². The molecule has 6 nitrogen and oxygen atoms in total. The summed E-state index contributed by atoms with van der Waals surface area (Å²) in [6.07, 6.45) is 1.55. The van der Waals surface area contributed by atoms with E-state index < -0.39 is 5.82 Å². The van der Waals surface area contributed by atoms with Gasteiger partial charge < -0.3 is 10.0 Å². The van der Waals surface area contributed by atoms with Crippen molar-refractivity contribution in [1.82, 2.24) is 19.7 Å². The number of phenolic OH excluding ortho intramolecular Hbond substituents is 1. The molecule has 0 aliphatic carbocycles. The Morgan fingerprint density at radius 1 is 1.30 bits per heavy atom. The Bertz CT molecular complexity index is 1030. The summed E-state index contributed by atoms with van der Waals surface area (Å²) in [5.74, 6) is -1.25. The number of carbonyl (C=O) groups excluding carboxylic acids is 1. The molecule has 0 spiro atoms. The first-order valence-corrected chi connectivity index (χ1v) is 9.02. The Kier molecular flexibility index (Phi) is 4.30. The molecule has 4 rings (SSSR count). The van der Waals surface area contributed by atoms with E-state index in [2.05, 4.69) is 10.1 Å². The van der Waals surface area contributed by atoms with Crippen LogP contribution < -0.4 is 0 Å². The fraction of sp³-hybridized carbons (Fsp3) is 0.350. The second-order valence-electron chi connectivity index (χ2n) is 7.05. The predicted octanol–water partition coefficient (Wildman–Crippen LogP) is 3.14. The van der Waals surface area contributed by atoms with Crippen molar-refractivity contribution in [1.29, 1.82) is 0 Å². The molecule has 1 aromatic carbocycles. The third-order valence-electron chi connectivity index (χ3n) is 5.25. The average molecular weight is 368 g/mol. The topological polar surface area (TPSA) is 71.2 Å². The number of phenols is 1. The first-order chi connectivity index (χ1) is 13.0. The quantitative estimate of drug-likeness (QED) is 0.754. The molecule has 0 radical (unpaired) electrons. The molecule has 0 saturated carbocycles. The van der Waals surface area contributed by atoms with Gasteiger partial charge in [-0.05, 0) is 43.5 Å². The van der Waals surface area contributed by atoms with Crippen LogP contribution in [0.4, 0.5) is 4.39 Å². The zero-order valence-corrected chi connectivity index (χ0v) is 15.3. The highest BCUT2D eigenvalue weighted by Gasteiger charge is 2.28. The minimum Gasteiger partial charge on any atom is -0.505 e. The number of aromatic nitrogens is 3. The third-order valence-corrected chi connectivity index (χ3v) is 5.25. The van der Waals surface area contributed by atoms with Gasteiger partial charge in [0.25, 0.3) is 5.91 Å². The summed E-state index contributed by atoms with van der Waals surface area (Å²) < 4.78 is 16.0. The fourth-order valence-corrected chi connectivity index (χ4v) is 3.85. The number of nitrogens with zero attached hydrogens (tertiary/aromatic N) is 4. The van der Waals surface area contributed by atoms with E-state index in [-0.39, 0.29) is 17.6 Å². The van der Waals surface area contributed by atoms with Crippen LogP contribution in [0.25, 0.3) is 11.0 Å². The van der Waals surface area contributed by atoms with E-state index in [9.17, 15) is 14.3 Å². The molecule has 1 unspecified atom stereocenters. The number of pyridine rings is 1. The van der Waals surface area contributed by atoms with Gasteiger partial charge in [0.2, 0.25) is 0 Å². The van der Waals surface area contributed by atoms with E-state index in [0.717, 1.165) is 23.9 Å².